The van der Waals surface area contributed by atoms with Crippen molar-refractivity contribution in [1.82, 2.24) is 9.55 Å². The lowest BCUT2D eigenvalue weighted by Gasteiger charge is -2.07. The molecule has 0 atom stereocenters. The van der Waals surface area contributed by atoms with E-state index < -0.39 is 0 Å². The van der Waals surface area contributed by atoms with Crippen LogP contribution in [0.2, 0.25) is 0 Å². The second kappa shape index (κ2) is 7.56. The summed E-state index contributed by atoms with van der Waals surface area (Å²) in [6.45, 7) is 3.09. The lowest BCUT2D eigenvalue weighted by Crippen LogP contribution is -2.11. The number of fused-ring (bicyclic) bond motifs is 1. The minimum atomic E-state index is -0.148. The van der Waals surface area contributed by atoms with Gasteiger partial charge in [0.25, 0.3) is 0 Å². The zero-order valence-corrected chi connectivity index (χ0v) is 12.2. The van der Waals surface area contributed by atoms with E-state index in [1.807, 2.05) is 4.57 Å². The van der Waals surface area contributed by atoms with E-state index in [0.717, 1.165) is 19.3 Å². The first-order valence-electron chi connectivity index (χ1n) is 7.21. The molecular formula is C14H20N4O3. The molecule has 0 unspecified atom stereocenters. The standard InChI is InChI=1S/C14H20N4O3/c1-2-21-12(20)6-4-3-5-7-18-10-17-14-13(18)11(19)8-15-9-16-14/h9-10H,2-8H2,1H3,(H,15,16). The first-order valence-corrected chi connectivity index (χ1v) is 7.21. The summed E-state index contributed by atoms with van der Waals surface area (Å²) in [4.78, 5) is 31.3. The van der Waals surface area contributed by atoms with Gasteiger partial charge < -0.3 is 14.6 Å². The molecule has 2 heterocycles. The van der Waals surface area contributed by atoms with Crippen LogP contribution in [0.15, 0.2) is 11.3 Å². The van der Waals surface area contributed by atoms with E-state index in [0.29, 0.717) is 31.1 Å². The van der Waals surface area contributed by atoms with Gasteiger partial charge in [0.2, 0.25) is 5.78 Å². The summed E-state index contributed by atoms with van der Waals surface area (Å²) in [5.41, 5.74) is 0.581. The van der Waals surface area contributed by atoms with Gasteiger partial charge in [-0.05, 0) is 19.8 Å². The van der Waals surface area contributed by atoms with E-state index in [1.54, 1.807) is 13.3 Å². The van der Waals surface area contributed by atoms with Crippen molar-refractivity contribution in [1.29, 1.82) is 0 Å². The lowest BCUT2D eigenvalue weighted by atomic mass is 10.2. The van der Waals surface area contributed by atoms with Crippen LogP contribution in [-0.4, -0.2) is 40.8 Å². The van der Waals surface area contributed by atoms with Crippen LogP contribution in [0.4, 0.5) is 5.82 Å². The maximum Gasteiger partial charge on any atom is 0.305 e. The number of hydrogen-bond donors (Lipinski definition) is 1. The fourth-order valence-electron chi connectivity index (χ4n) is 2.22. The van der Waals surface area contributed by atoms with Crippen LogP contribution in [0, 0.1) is 0 Å². The highest BCUT2D eigenvalue weighted by atomic mass is 16.5. The van der Waals surface area contributed by atoms with Crippen molar-refractivity contribution >= 4 is 23.9 Å². The highest BCUT2D eigenvalue weighted by molar-refractivity contribution is 6.04. The number of anilines is 1. The van der Waals surface area contributed by atoms with Crippen LogP contribution >= 0.6 is 0 Å². The maximum absolute atomic E-state index is 12.0. The molecule has 0 amide bonds. The number of ether oxygens (including phenoxy) is 1. The highest BCUT2D eigenvalue weighted by Gasteiger charge is 2.19. The maximum atomic E-state index is 12.0. The fraction of sp³-hybridized carbons (Fsp3) is 0.571. The van der Waals surface area contributed by atoms with E-state index in [9.17, 15) is 9.59 Å². The Bertz CT molecular complexity index is 536. The zero-order chi connectivity index (χ0) is 15.1. The topological polar surface area (TPSA) is 85.6 Å². The summed E-state index contributed by atoms with van der Waals surface area (Å²) in [6.07, 6.45) is 6.20. The molecule has 0 aromatic carbocycles. The van der Waals surface area contributed by atoms with Gasteiger partial charge in [-0.2, -0.15) is 0 Å². The van der Waals surface area contributed by atoms with E-state index in [1.165, 1.54) is 6.34 Å². The minimum Gasteiger partial charge on any atom is -0.466 e. The average Bonchev–Trinajstić information content (AvgIpc) is 2.77. The molecule has 21 heavy (non-hydrogen) atoms. The monoisotopic (exact) mass is 292 g/mol. The largest absolute Gasteiger partial charge is 0.466 e. The number of aromatic nitrogens is 2. The number of imidazole rings is 1. The first-order chi connectivity index (χ1) is 10.2. The second-order valence-corrected chi connectivity index (χ2v) is 4.79. The van der Waals surface area contributed by atoms with Crippen molar-refractivity contribution in [2.24, 2.45) is 4.99 Å². The molecule has 7 nitrogen and oxygen atoms in total. The zero-order valence-electron chi connectivity index (χ0n) is 12.2. The van der Waals surface area contributed by atoms with Crippen LogP contribution in [0.5, 0.6) is 0 Å². The predicted molar refractivity (Wildman–Crippen MR) is 78.6 cm³/mol. The Labute approximate surface area is 123 Å². The third kappa shape index (κ3) is 4.14. The molecule has 0 radical (unpaired) electrons. The third-order valence-electron chi connectivity index (χ3n) is 3.21. The van der Waals surface area contributed by atoms with Crippen molar-refractivity contribution in [2.45, 2.75) is 39.2 Å². The van der Waals surface area contributed by atoms with Crippen molar-refractivity contribution in [2.75, 3.05) is 18.5 Å². The van der Waals surface area contributed by atoms with Gasteiger partial charge in [-0.3, -0.25) is 14.6 Å². The molecule has 0 spiro atoms. The van der Waals surface area contributed by atoms with E-state index in [4.69, 9.17) is 4.74 Å². The summed E-state index contributed by atoms with van der Waals surface area (Å²) in [7, 11) is 0. The van der Waals surface area contributed by atoms with Crippen molar-refractivity contribution < 1.29 is 14.3 Å². The lowest BCUT2D eigenvalue weighted by molar-refractivity contribution is -0.143. The van der Waals surface area contributed by atoms with Crippen LogP contribution in [0.1, 0.15) is 43.1 Å². The molecule has 1 aromatic rings. The number of unbranched alkanes of at least 4 members (excludes halogenated alkanes) is 2. The van der Waals surface area contributed by atoms with Crippen molar-refractivity contribution in [3.63, 3.8) is 0 Å². The molecular weight excluding hydrogens is 272 g/mol. The van der Waals surface area contributed by atoms with Crippen LogP contribution in [0.3, 0.4) is 0 Å². The van der Waals surface area contributed by atoms with Gasteiger partial charge in [0, 0.05) is 13.0 Å². The van der Waals surface area contributed by atoms with E-state index >= 15 is 0 Å². The molecule has 114 valence electrons. The molecule has 0 aliphatic carbocycles. The van der Waals surface area contributed by atoms with Gasteiger partial charge in [-0.1, -0.05) is 6.42 Å². The molecule has 0 saturated heterocycles. The van der Waals surface area contributed by atoms with Crippen LogP contribution in [-0.2, 0) is 16.1 Å². The van der Waals surface area contributed by atoms with Crippen LogP contribution in [0.25, 0.3) is 0 Å². The molecule has 1 aliphatic rings. The summed E-state index contributed by atoms with van der Waals surface area (Å²) >= 11 is 0. The van der Waals surface area contributed by atoms with Gasteiger partial charge in [-0.15, -0.1) is 0 Å². The van der Waals surface area contributed by atoms with Gasteiger partial charge in [0.15, 0.2) is 5.82 Å². The van der Waals surface area contributed by atoms with E-state index in [2.05, 4.69) is 15.3 Å². The number of rotatable bonds is 7. The number of aryl methyl sites for hydroxylation is 1. The Morgan fingerprint density at radius 1 is 1.43 bits per heavy atom. The molecule has 0 saturated carbocycles. The second-order valence-electron chi connectivity index (χ2n) is 4.79. The molecule has 1 N–H and O–H groups in total. The first kappa shape index (κ1) is 15.2. The Morgan fingerprint density at radius 3 is 3.10 bits per heavy atom. The molecule has 7 heteroatoms. The van der Waals surface area contributed by atoms with E-state index in [-0.39, 0.29) is 18.3 Å². The predicted octanol–water partition coefficient (Wildman–Crippen LogP) is 1.64. The molecule has 1 aromatic heterocycles. The number of hydrogen-bond acceptors (Lipinski definition) is 6. The quantitative estimate of drug-likeness (QED) is 0.610. The van der Waals surface area contributed by atoms with Gasteiger partial charge in [-0.25, -0.2) is 4.98 Å². The van der Waals surface area contributed by atoms with Gasteiger partial charge >= 0.3 is 5.97 Å². The van der Waals surface area contributed by atoms with Gasteiger partial charge in [0.05, 0.1) is 19.3 Å². The average molecular weight is 292 g/mol. The molecule has 1 aliphatic heterocycles. The number of Topliss-reactive ketones (excluding diaryl/α,β-unsaturated/α-hetero) is 1. The number of carbonyl (C=O) groups is 2. The molecule has 0 bridgehead atoms. The Kier molecular flexibility index (Phi) is 5.48. The molecule has 2 rings (SSSR count). The Hall–Kier alpha value is -2.18. The van der Waals surface area contributed by atoms with Crippen molar-refractivity contribution in [3.8, 4) is 0 Å². The number of carbonyl (C=O) groups excluding carboxylic acids is 2. The smallest absolute Gasteiger partial charge is 0.305 e. The minimum absolute atomic E-state index is 0.0322. The molecule has 0 fully saturated rings. The van der Waals surface area contributed by atoms with Crippen molar-refractivity contribution in [3.05, 3.63) is 12.0 Å². The van der Waals surface area contributed by atoms with Gasteiger partial charge in [0.1, 0.15) is 12.2 Å². The Balaban J connectivity index is 1.79. The number of ketones is 1. The Morgan fingerprint density at radius 2 is 2.29 bits per heavy atom. The summed E-state index contributed by atoms with van der Waals surface area (Å²) in [6, 6.07) is 0. The number of esters is 1. The summed E-state index contributed by atoms with van der Waals surface area (Å²) < 4.78 is 6.73. The SMILES string of the molecule is CCOC(=O)CCCCCn1cnc2c1C(=O)CN=CN2. The fourth-order valence-corrected chi connectivity index (χ4v) is 2.22. The summed E-state index contributed by atoms with van der Waals surface area (Å²) in [5, 5.41) is 2.90. The number of nitrogens with zero attached hydrogens (tertiary/aromatic N) is 3. The van der Waals surface area contributed by atoms with Crippen LogP contribution < -0.4 is 5.32 Å². The third-order valence-corrected chi connectivity index (χ3v) is 3.21. The normalized spacial score (nSPS) is 13.5. The highest BCUT2D eigenvalue weighted by Crippen LogP contribution is 2.17. The summed E-state index contributed by atoms with van der Waals surface area (Å²) in [5.74, 6) is 0.383. The number of aliphatic imine (C=N–C) groups is 1. The number of nitrogens with one attached hydrogen (secondary N) is 1.